The molecule has 1 aliphatic carbocycles. The van der Waals surface area contributed by atoms with Gasteiger partial charge in [0, 0.05) is 11.5 Å². The number of fused-ring (bicyclic) bond motifs is 1. The van der Waals surface area contributed by atoms with Crippen LogP contribution in [-0.4, -0.2) is 22.4 Å². The number of nitrogens with zero attached hydrogens (tertiary/aromatic N) is 1. The molecule has 1 aromatic heterocycles. The van der Waals surface area contributed by atoms with Gasteiger partial charge in [0.05, 0.1) is 6.54 Å². The molecule has 1 saturated carbocycles. The van der Waals surface area contributed by atoms with E-state index in [0.29, 0.717) is 24.0 Å². The monoisotopic (exact) mass is 354 g/mol. The number of rotatable bonds is 2. The highest BCUT2D eigenvalue weighted by atomic mass is 16.4. The molecule has 2 aromatic rings. The Hall–Kier alpha value is -2.63. The largest absolute Gasteiger partial charge is 0.423 e. The average molecular weight is 354 g/mol. The van der Waals surface area contributed by atoms with Gasteiger partial charge in [-0.3, -0.25) is 9.69 Å². The average Bonchev–Trinajstić information content (AvgIpc) is 2.76. The van der Waals surface area contributed by atoms with E-state index in [1.807, 2.05) is 19.1 Å². The van der Waals surface area contributed by atoms with E-state index in [1.165, 1.54) is 11.0 Å². The maximum absolute atomic E-state index is 13.1. The standard InChI is InChI=1S/C20H22N2O4/c1-13-6-7-15-14(11-17(23)26-16(15)10-13)12-22-18(24)20(21-19(22)25)8-4-2-3-5-9-20/h6-7,10-11H,2-5,8-9,12H2,1H3,(H,21,25). The predicted molar refractivity (Wildman–Crippen MR) is 96.7 cm³/mol. The molecule has 1 saturated heterocycles. The maximum Gasteiger partial charge on any atom is 0.336 e. The molecule has 0 bridgehead atoms. The normalized spacial score (nSPS) is 19.8. The van der Waals surface area contributed by atoms with E-state index in [1.54, 1.807) is 6.07 Å². The number of carbonyl (C=O) groups excluding carboxylic acids is 2. The Kier molecular flexibility index (Phi) is 4.05. The van der Waals surface area contributed by atoms with Crippen molar-refractivity contribution in [1.82, 2.24) is 10.2 Å². The van der Waals surface area contributed by atoms with Crippen molar-refractivity contribution in [3.8, 4) is 0 Å². The first kappa shape index (κ1) is 16.8. The third-order valence-electron chi connectivity index (χ3n) is 5.52. The van der Waals surface area contributed by atoms with Crippen molar-refractivity contribution in [3.05, 3.63) is 45.8 Å². The first-order valence-electron chi connectivity index (χ1n) is 9.16. The fourth-order valence-electron chi connectivity index (χ4n) is 4.13. The number of hydrogen-bond donors (Lipinski definition) is 1. The molecular weight excluding hydrogens is 332 g/mol. The van der Waals surface area contributed by atoms with Crippen LogP contribution in [0.1, 0.15) is 49.7 Å². The topological polar surface area (TPSA) is 79.6 Å². The highest BCUT2D eigenvalue weighted by molar-refractivity contribution is 6.07. The van der Waals surface area contributed by atoms with Crippen molar-refractivity contribution >= 4 is 22.9 Å². The number of nitrogens with one attached hydrogen (secondary N) is 1. The van der Waals surface area contributed by atoms with Crippen molar-refractivity contribution < 1.29 is 14.0 Å². The fraction of sp³-hybridized carbons (Fsp3) is 0.450. The van der Waals surface area contributed by atoms with Crippen LogP contribution in [0.3, 0.4) is 0 Å². The second-order valence-electron chi connectivity index (χ2n) is 7.41. The molecule has 6 nitrogen and oxygen atoms in total. The van der Waals surface area contributed by atoms with Gasteiger partial charge in [-0.05, 0) is 37.0 Å². The molecule has 0 atom stereocenters. The molecule has 4 rings (SSSR count). The Labute approximate surface area is 151 Å². The molecule has 136 valence electrons. The molecule has 1 aliphatic heterocycles. The second kappa shape index (κ2) is 6.27. The van der Waals surface area contributed by atoms with Crippen molar-refractivity contribution in [3.63, 3.8) is 0 Å². The highest BCUT2D eigenvalue weighted by Gasteiger charge is 2.50. The van der Waals surface area contributed by atoms with Crippen molar-refractivity contribution in [2.75, 3.05) is 0 Å². The van der Waals surface area contributed by atoms with Crippen LogP contribution < -0.4 is 10.9 Å². The number of benzene rings is 1. The lowest BCUT2D eigenvalue weighted by molar-refractivity contribution is -0.132. The van der Waals surface area contributed by atoms with E-state index >= 15 is 0 Å². The van der Waals surface area contributed by atoms with Crippen LogP contribution in [-0.2, 0) is 11.3 Å². The summed E-state index contributed by atoms with van der Waals surface area (Å²) in [5.74, 6) is -0.169. The third kappa shape index (κ3) is 2.79. The molecular formula is C20H22N2O4. The van der Waals surface area contributed by atoms with Crippen LogP contribution in [0, 0.1) is 6.92 Å². The van der Waals surface area contributed by atoms with E-state index in [-0.39, 0.29) is 18.5 Å². The summed E-state index contributed by atoms with van der Waals surface area (Å²) in [6.45, 7) is 2.00. The Bertz CT molecular complexity index is 938. The minimum Gasteiger partial charge on any atom is -0.423 e. The minimum atomic E-state index is -0.764. The molecule has 3 amide bonds. The van der Waals surface area contributed by atoms with Gasteiger partial charge >= 0.3 is 11.7 Å². The van der Waals surface area contributed by atoms with Crippen LogP contribution >= 0.6 is 0 Å². The Balaban J connectivity index is 1.69. The molecule has 2 heterocycles. The number of amides is 3. The molecule has 2 aliphatic rings. The molecule has 6 heteroatoms. The molecule has 0 radical (unpaired) electrons. The summed E-state index contributed by atoms with van der Waals surface area (Å²) in [7, 11) is 0. The van der Waals surface area contributed by atoms with Crippen LogP contribution in [0.25, 0.3) is 11.0 Å². The maximum atomic E-state index is 13.1. The Morgan fingerprint density at radius 2 is 1.81 bits per heavy atom. The summed E-state index contributed by atoms with van der Waals surface area (Å²) in [4.78, 5) is 38.8. The summed E-state index contributed by atoms with van der Waals surface area (Å²) in [6.07, 6.45) is 5.44. The van der Waals surface area contributed by atoms with Gasteiger partial charge in [0.2, 0.25) is 0 Å². The van der Waals surface area contributed by atoms with Crippen LogP contribution in [0.4, 0.5) is 4.79 Å². The molecule has 2 fully saturated rings. The lowest BCUT2D eigenvalue weighted by atomic mass is 9.90. The molecule has 0 unspecified atom stereocenters. The predicted octanol–water partition coefficient (Wildman–Crippen LogP) is 3.25. The first-order valence-corrected chi connectivity index (χ1v) is 9.16. The quantitative estimate of drug-likeness (QED) is 0.663. The zero-order chi connectivity index (χ0) is 18.3. The zero-order valence-corrected chi connectivity index (χ0v) is 14.8. The lowest BCUT2D eigenvalue weighted by Crippen LogP contribution is -2.46. The van der Waals surface area contributed by atoms with E-state index in [2.05, 4.69) is 5.32 Å². The number of aryl methyl sites for hydroxylation is 1. The summed E-state index contributed by atoms with van der Waals surface area (Å²) < 4.78 is 5.27. The van der Waals surface area contributed by atoms with Gasteiger partial charge in [-0.25, -0.2) is 9.59 Å². The van der Waals surface area contributed by atoms with E-state index in [4.69, 9.17) is 4.42 Å². The summed E-state index contributed by atoms with van der Waals surface area (Å²) in [5, 5.41) is 3.68. The number of urea groups is 1. The fourth-order valence-corrected chi connectivity index (χ4v) is 4.13. The van der Waals surface area contributed by atoms with Gasteiger partial charge in [-0.1, -0.05) is 37.8 Å². The number of hydrogen-bond acceptors (Lipinski definition) is 4. The zero-order valence-electron chi connectivity index (χ0n) is 14.8. The van der Waals surface area contributed by atoms with Gasteiger partial charge in [0.15, 0.2) is 0 Å². The van der Waals surface area contributed by atoms with Crippen LogP contribution in [0.2, 0.25) is 0 Å². The van der Waals surface area contributed by atoms with E-state index in [0.717, 1.165) is 36.6 Å². The van der Waals surface area contributed by atoms with Crippen molar-refractivity contribution in [2.45, 2.75) is 57.5 Å². The highest BCUT2D eigenvalue weighted by Crippen LogP contribution is 2.33. The summed E-state index contributed by atoms with van der Waals surface area (Å²) in [5.41, 5.74) is 0.841. The molecule has 1 spiro atoms. The molecule has 1 aromatic carbocycles. The number of imide groups is 1. The SMILES string of the molecule is Cc1ccc2c(CN3C(=O)NC4(CCCCCC4)C3=O)cc(=O)oc2c1. The van der Waals surface area contributed by atoms with Crippen molar-refractivity contribution in [2.24, 2.45) is 0 Å². The van der Waals surface area contributed by atoms with Gasteiger partial charge in [-0.2, -0.15) is 0 Å². The lowest BCUT2D eigenvalue weighted by Gasteiger charge is -2.24. The smallest absolute Gasteiger partial charge is 0.336 e. The van der Waals surface area contributed by atoms with Crippen LogP contribution in [0.5, 0.6) is 0 Å². The number of carbonyl (C=O) groups is 2. The van der Waals surface area contributed by atoms with E-state index < -0.39 is 11.2 Å². The second-order valence-corrected chi connectivity index (χ2v) is 7.41. The first-order chi connectivity index (χ1) is 12.5. The van der Waals surface area contributed by atoms with Crippen LogP contribution in [0.15, 0.2) is 33.5 Å². The van der Waals surface area contributed by atoms with Gasteiger partial charge in [0.1, 0.15) is 11.1 Å². The minimum absolute atomic E-state index is 0.0809. The third-order valence-corrected chi connectivity index (χ3v) is 5.52. The Morgan fingerprint density at radius 1 is 1.08 bits per heavy atom. The van der Waals surface area contributed by atoms with E-state index in [9.17, 15) is 14.4 Å². The van der Waals surface area contributed by atoms with Gasteiger partial charge in [-0.15, -0.1) is 0 Å². The van der Waals surface area contributed by atoms with Gasteiger partial charge in [0.25, 0.3) is 5.91 Å². The molecule has 1 N–H and O–H groups in total. The van der Waals surface area contributed by atoms with Gasteiger partial charge < -0.3 is 9.73 Å². The Morgan fingerprint density at radius 3 is 2.54 bits per heavy atom. The van der Waals surface area contributed by atoms with Crippen molar-refractivity contribution in [1.29, 1.82) is 0 Å². The summed E-state index contributed by atoms with van der Waals surface area (Å²) >= 11 is 0. The molecule has 26 heavy (non-hydrogen) atoms. The summed E-state index contributed by atoms with van der Waals surface area (Å²) in [6, 6.07) is 6.58.